The maximum atomic E-state index is 12.1. The van der Waals surface area contributed by atoms with Gasteiger partial charge in [-0.2, -0.15) is 0 Å². The first-order valence-electron chi connectivity index (χ1n) is 11.0. The Balaban J connectivity index is 0.00000512. The molecule has 32 heavy (non-hydrogen) atoms. The molecule has 0 aliphatic heterocycles. The van der Waals surface area contributed by atoms with Crippen molar-refractivity contribution in [3.63, 3.8) is 0 Å². The second-order valence-corrected chi connectivity index (χ2v) is 7.58. The summed E-state index contributed by atoms with van der Waals surface area (Å²) in [4.78, 5) is 18.4. The highest BCUT2D eigenvalue weighted by Gasteiger charge is 2.08. The number of guanidine groups is 1. The molecule has 0 radical (unpaired) electrons. The lowest BCUT2D eigenvalue weighted by molar-refractivity contribution is 0.0827. The Hall–Kier alpha value is -2.13. The van der Waals surface area contributed by atoms with Crippen molar-refractivity contribution in [2.45, 2.75) is 32.8 Å². The maximum absolute atomic E-state index is 12.1. The first kappa shape index (κ1) is 27.9. The summed E-state index contributed by atoms with van der Waals surface area (Å²) in [5.41, 5.74) is 3.06. The molecule has 7 heteroatoms. The van der Waals surface area contributed by atoms with E-state index in [0.717, 1.165) is 62.6 Å². The van der Waals surface area contributed by atoms with Gasteiger partial charge in [0.2, 0.25) is 0 Å². The molecule has 6 nitrogen and oxygen atoms in total. The van der Waals surface area contributed by atoms with Crippen LogP contribution in [-0.4, -0.2) is 57.1 Å². The number of hydrogen-bond acceptors (Lipinski definition) is 3. The number of hydrogen-bond donors (Lipinski definition) is 2. The zero-order chi connectivity index (χ0) is 22.3. The second-order valence-electron chi connectivity index (χ2n) is 7.58. The SMILES string of the molecule is CCNC(=NCCCCOCc1ccccc1)NCCc1cccc(C(=O)N(C)C)c1.I. The molecule has 2 aromatic carbocycles. The summed E-state index contributed by atoms with van der Waals surface area (Å²) < 4.78 is 5.72. The first-order chi connectivity index (χ1) is 15.1. The minimum absolute atomic E-state index is 0. The number of ether oxygens (including phenoxy) is 1. The van der Waals surface area contributed by atoms with E-state index in [-0.39, 0.29) is 29.9 Å². The highest BCUT2D eigenvalue weighted by atomic mass is 127. The number of halogens is 1. The van der Waals surface area contributed by atoms with Crippen molar-refractivity contribution in [3.05, 3.63) is 71.3 Å². The van der Waals surface area contributed by atoms with E-state index in [1.54, 1.807) is 19.0 Å². The van der Waals surface area contributed by atoms with Crippen molar-refractivity contribution in [2.75, 3.05) is 40.3 Å². The molecular weight excluding hydrogens is 515 g/mol. The molecule has 2 aromatic rings. The summed E-state index contributed by atoms with van der Waals surface area (Å²) in [6.45, 7) is 5.80. The molecule has 0 spiro atoms. The molecular formula is C25H37IN4O2. The van der Waals surface area contributed by atoms with Gasteiger partial charge in [0.15, 0.2) is 5.96 Å². The molecule has 2 rings (SSSR count). The standard InChI is InChI=1S/C25H36N4O2.HI/c1-4-26-25(27-16-8-9-18-31-20-22-11-6-5-7-12-22)28-17-15-21-13-10-14-23(19-21)24(30)29(2)3;/h5-7,10-14,19H,4,8-9,15-18,20H2,1-3H3,(H2,26,27,28);1H. The van der Waals surface area contributed by atoms with Gasteiger partial charge in [-0.05, 0) is 49.4 Å². The molecule has 0 atom stereocenters. The van der Waals surface area contributed by atoms with Gasteiger partial charge < -0.3 is 20.3 Å². The molecule has 0 unspecified atom stereocenters. The van der Waals surface area contributed by atoms with Gasteiger partial charge in [0.05, 0.1) is 6.61 Å². The van der Waals surface area contributed by atoms with Crippen LogP contribution in [-0.2, 0) is 17.8 Å². The first-order valence-corrected chi connectivity index (χ1v) is 11.0. The molecule has 0 fully saturated rings. The van der Waals surface area contributed by atoms with E-state index >= 15 is 0 Å². The third-order valence-electron chi connectivity index (χ3n) is 4.71. The van der Waals surface area contributed by atoms with E-state index in [2.05, 4.69) is 34.7 Å². The Morgan fingerprint density at radius 2 is 1.75 bits per heavy atom. The highest BCUT2D eigenvalue weighted by Crippen LogP contribution is 2.08. The van der Waals surface area contributed by atoms with Gasteiger partial charge in [0.25, 0.3) is 5.91 Å². The van der Waals surface area contributed by atoms with Crippen LogP contribution in [0, 0.1) is 0 Å². The lowest BCUT2D eigenvalue weighted by atomic mass is 10.1. The Kier molecular flexibility index (Phi) is 14.4. The molecule has 2 N–H and O–H groups in total. The largest absolute Gasteiger partial charge is 0.377 e. The van der Waals surface area contributed by atoms with Crippen LogP contribution < -0.4 is 10.6 Å². The molecule has 0 heterocycles. The Morgan fingerprint density at radius 3 is 2.47 bits per heavy atom. The van der Waals surface area contributed by atoms with E-state index in [0.29, 0.717) is 6.61 Å². The summed E-state index contributed by atoms with van der Waals surface area (Å²) in [7, 11) is 3.54. The van der Waals surface area contributed by atoms with Gasteiger partial charge in [-0.1, -0.05) is 42.5 Å². The number of rotatable bonds is 12. The number of amides is 1. The molecule has 176 valence electrons. The highest BCUT2D eigenvalue weighted by molar-refractivity contribution is 14.0. The van der Waals surface area contributed by atoms with Crippen molar-refractivity contribution >= 4 is 35.8 Å². The fourth-order valence-electron chi connectivity index (χ4n) is 3.06. The summed E-state index contributed by atoms with van der Waals surface area (Å²) in [6, 6.07) is 18.0. The van der Waals surface area contributed by atoms with Crippen LogP contribution in [0.2, 0.25) is 0 Å². The summed E-state index contributed by atoms with van der Waals surface area (Å²) in [6.07, 6.45) is 2.80. The average Bonchev–Trinajstić information content (AvgIpc) is 2.78. The average molecular weight is 553 g/mol. The fraction of sp³-hybridized carbons (Fsp3) is 0.440. The van der Waals surface area contributed by atoms with E-state index in [4.69, 9.17) is 4.74 Å². The molecule has 1 amide bonds. The van der Waals surface area contributed by atoms with Crippen molar-refractivity contribution in [1.82, 2.24) is 15.5 Å². The molecule has 0 aliphatic carbocycles. The van der Waals surface area contributed by atoms with Crippen LogP contribution in [0.25, 0.3) is 0 Å². The monoisotopic (exact) mass is 552 g/mol. The van der Waals surface area contributed by atoms with Crippen molar-refractivity contribution < 1.29 is 9.53 Å². The van der Waals surface area contributed by atoms with Crippen LogP contribution in [0.4, 0.5) is 0 Å². The molecule has 0 aliphatic rings. The van der Waals surface area contributed by atoms with Gasteiger partial charge in [0, 0.05) is 45.9 Å². The van der Waals surface area contributed by atoms with E-state index in [1.165, 1.54) is 5.56 Å². The van der Waals surface area contributed by atoms with Gasteiger partial charge in [-0.25, -0.2) is 0 Å². The van der Waals surface area contributed by atoms with Gasteiger partial charge >= 0.3 is 0 Å². The van der Waals surface area contributed by atoms with Crippen LogP contribution in [0.5, 0.6) is 0 Å². The number of carbonyl (C=O) groups is 1. The van der Waals surface area contributed by atoms with Crippen LogP contribution in [0.15, 0.2) is 59.6 Å². The summed E-state index contributed by atoms with van der Waals surface area (Å²) in [5, 5.41) is 6.66. The lowest BCUT2D eigenvalue weighted by Gasteiger charge is -2.13. The van der Waals surface area contributed by atoms with Crippen LogP contribution in [0.3, 0.4) is 0 Å². The van der Waals surface area contributed by atoms with E-state index < -0.39 is 0 Å². The van der Waals surface area contributed by atoms with Gasteiger partial charge in [0.1, 0.15) is 0 Å². The zero-order valence-electron chi connectivity index (χ0n) is 19.5. The van der Waals surface area contributed by atoms with E-state index in [9.17, 15) is 4.79 Å². The number of aliphatic imine (C=N–C) groups is 1. The Bertz CT molecular complexity index is 813. The van der Waals surface area contributed by atoms with Crippen molar-refractivity contribution in [3.8, 4) is 0 Å². The molecule has 0 saturated carbocycles. The minimum Gasteiger partial charge on any atom is -0.377 e. The maximum Gasteiger partial charge on any atom is 0.253 e. The fourth-order valence-corrected chi connectivity index (χ4v) is 3.06. The Morgan fingerprint density at radius 1 is 1.00 bits per heavy atom. The normalized spacial score (nSPS) is 10.9. The van der Waals surface area contributed by atoms with Crippen LogP contribution in [0.1, 0.15) is 41.3 Å². The predicted octanol–water partition coefficient (Wildman–Crippen LogP) is 4.10. The molecule has 0 bridgehead atoms. The number of unbranched alkanes of at least 4 members (excludes halogenated alkanes) is 1. The Labute approximate surface area is 209 Å². The zero-order valence-corrected chi connectivity index (χ0v) is 21.8. The molecule has 0 saturated heterocycles. The third kappa shape index (κ3) is 10.9. The number of nitrogens with one attached hydrogen (secondary N) is 2. The smallest absolute Gasteiger partial charge is 0.253 e. The minimum atomic E-state index is 0. The topological polar surface area (TPSA) is 66.0 Å². The summed E-state index contributed by atoms with van der Waals surface area (Å²) >= 11 is 0. The number of benzene rings is 2. The van der Waals surface area contributed by atoms with Crippen LogP contribution >= 0.6 is 24.0 Å². The number of carbonyl (C=O) groups excluding carboxylic acids is 1. The third-order valence-corrected chi connectivity index (χ3v) is 4.71. The quantitative estimate of drug-likeness (QED) is 0.180. The van der Waals surface area contributed by atoms with Gasteiger partial charge in [-0.15, -0.1) is 24.0 Å². The van der Waals surface area contributed by atoms with Crippen molar-refractivity contribution in [2.24, 2.45) is 4.99 Å². The summed E-state index contributed by atoms with van der Waals surface area (Å²) in [5.74, 6) is 0.852. The predicted molar refractivity (Wildman–Crippen MR) is 143 cm³/mol. The number of nitrogens with zero attached hydrogens (tertiary/aromatic N) is 2. The van der Waals surface area contributed by atoms with Crippen molar-refractivity contribution in [1.29, 1.82) is 0 Å². The molecule has 0 aromatic heterocycles. The second kappa shape index (κ2) is 16.5. The van der Waals surface area contributed by atoms with E-state index in [1.807, 2.05) is 42.5 Å². The lowest BCUT2D eigenvalue weighted by Crippen LogP contribution is -2.38. The van der Waals surface area contributed by atoms with Gasteiger partial charge in [-0.3, -0.25) is 9.79 Å².